The number of aryl methyl sites for hydroxylation is 2. The monoisotopic (exact) mass is 226 g/mol. The van der Waals surface area contributed by atoms with E-state index in [4.69, 9.17) is 0 Å². The maximum absolute atomic E-state index is 4.00. The van der Waals surface area contributed by atoms with Crippen LogP contribution in [0.15, 0.2) is 55.0 Å². The van der Waals surface area contributed by atoms with Crippen LogP contribution in [0.5, 0.6) is 0 Å². The normalized spacial score (nSPS) is 11.1. The fourth-order valence-electron chi connectivity index (χ4n) is 1.79. The van der Waals surface area contributed by atoms with Crippen molar-refractivity contribution in [1.29, 1.82) is 0 Å². The van der Waals surface area contributed by atoms with Crippen molar-refractivity contribution >= 4 is 0 Å². The van der Waals surface area contributed by atoms with Gasteiger partial charge in [-0.15, -0.1) is 0 Å². The first-order chi connectivity index (χ1) is 8.45. The van der Waals surface area contributed by atoms with E-state index in [0.29, 0.717) is 0 Å². The second-order valence-corrected chi connectivity index (χ2v) is 4.11. The predicted octanol–water partition coefficient (Wildman–Crippen LogP) is 3.53. The first kappa shape index (κ1) is 11.6. The van der Waals surface area contributed by atoms with Gasteiger partial charge in [0.25, 0.3) is 0 Å². The maximum atomic E-state index is 4.00. The summed E-state index contributed by atoms with van der Waals surface area (Å²) in [7, 11) is 0. The number of aromatic nitrogens is 2. The molecule has 0 saturated heterocycles. The average molecular weight is 226 g/mol. The summed E-state index contributed by atoms with van der Waals surface area (Å²) < 4.78 is 0. The van der Waals surface area contributed by atoms with Crippen molar-refractivity contribution in [3.8, 4) is 0 Å². The Morgan fingerprint density at radius 3 is 2.47 bits per heavy atom. The Balaban J connectivity index is 1.62. The van der Waals surface area contributed by atoms with Crippen LogP contribution in [-0.2, 0) is 12.8 Å². The van der Waals surface area contributed by atoms with Gasteiger partial charge < -0.3 is 4.98 Å². The highest BCUT2D eigenvalue weighted by atomic mass is 14.9. The molecule has 0 aliphatic rings. The SMILES string of the molecule is C(=C\CCc1cnc[nH]1)/CCc1ccccc1. The zero-order valence-electron chi connectivity index (χ0n) is 9.97. The average Bonchev–Trinajstić information content (AvgIpc) is 2.88. The summed E-state index contributed by atoms with van der Waals surface area (Å²) in [5.74, 6) is 0. The Morgan fingerprint density at radius 2 is 1.76 bits per heavy atom. The van der Waals surface area contributed by atoms with Crippen molar-refractivity contribution in [3.05, 3.63) is 66.3 Å². The van der Waals surface area contributed by atoms with Gasteiger partial charge in [0.15, 0.2) is 0 Å². The lowest BCUT2D eigenvalue weighted by Gasteiger charge is -1.96. The first-order valence-electron chi connectivity index (χ1n) is 6.11. The van der Waals surface area contributed by atoms with Gasteiger partial charge in [-0.1, -0.05) is 42.5 Å². The molecule has 1 heterocycles. The standard InChI is InChI=1S/C15H18N2/c1(2-7-11-15-12-16-13-17-15)4-8-14-9-5-3-6-10-14/h1-3,5-6,9-10,12-13H,4,7-8,11H2,(H,16,17)/b2-1+. The molecule has 1 N–H and O–H groups in total. The molecule has 0 radical (unpaired) electrons. The van der Waals surface area contributed by atoms with Gasteiger partial charge in [0.1, 0.15) is 0 Å². The summed E-state index contributed by atoms with van der Waals surface area (Å²) in [4.78, 5) is 7.11. The van der Waals surface area contributed by atoms with Gasteiger partial charge in [-0.25, -0.2) is 4.98 Å². The van der Waals surface area contributed by atoms with E-state index in [0.717, 1.165) is 25.7 Å². The van der Waals surface area contributed by atoms with Crippen molar-refractivity contribution in [2.24, 2.45) is 0 Å². The molecule has 2 nitrogen and oxygen atoms in total. The van der Waals surface area contributed by atoms with Gasteiger partial charge in [0.05, 0.1) is 6.33 Å². The molecule has 88 valence electrons. The summed E-state index contributed by atoms with van der Waals surface area (Å²) >= 11 is 0. The van der Waals surface area contributed by atoms with Gasteiger partial charge in [0.2, 0.25) is 0 Å². The molecule has 0 saturated carbocycles. The Kier molecular flexibility index (Phi) is 4.58. The number of nitrogens with zero attached hydrogens (tertiary/aromatic N) is 1. The molecule has 0 unspecified atom stereocenters. The molecule has 0 amide bonds. The molecular formula is C15H18N2. The Morgan fingerprint density at radius 1 is 1.00 bits per heavy atom. The number of H-pyrrole nitrogens is 1. The van der Waals surface area contributed by atoms with Crippen LogP contribution in [0.25, 0.3) is 0 Å². The molecule has 0 aliphatic carbocycles. The molecule has 0 atom stereocenters. The molecule has 17 heavy (non-hydrogen) atoms. The van der Waals surface area contributed by atoms with Gasteiger partial charge in [-0.05, 0) is 31.2 Å². The van der Waals surface area contributed by atoms with Crippen molar-refractivity contribution in [2.75, 3.05) is 0 Å². The minimum absolute atomic E-state index is 1.04. The van der Waals surface area contributed by atoms with Crippen LogP contribution < -0.4 is 0 Å². The van der Waals surface area contributed by atoms with Gasteiger partial charge in [0, 0.05) is 11.9 Å². The molecule has 0 spiro atoms. The summed E-state index contributed by atoms with van der Waals surface area (Å²) in [5.41, 5.74) is 2.61. The zero-order chi connectivity index (χ0) is 11.8. The molecule has 0 aliphatic heterocycles. The van der Waals surface area contributed by atoms with Gasteiger partial charge in [-0.3, -0.25) is 0 Å². The van der Waals surface area contributed by atoms with Crippen molar-refractivity contribution in [1.82, 2.24) is 9.97 Å². The highest BCUT2D eigenvalue weighted by molar-refractivity contribution is 5.15. The van der Waals surface area contributed by atoms with E-state index in [1.165, 1.54) is 11.3 Å². The third-order valence-corrected chi connectivity index (χ3v) is 2.74. The second-order valence-electron chi connectivity index (χ2n) is 4.11. The van der Waals surface area contributed by atoms with E-state index < -0.39 is 0 Å². The van der Waals surface area contributed by atoms with Crippen LogP contribution >= 0.6 is 0 Å². The Bertz CT molecular complexity index is 429. The van der Waals surface area contributed by atoms with E-state index >= 15 is 0 Å². The fraction of sp³-hybridized carbons (Fsp3) is 0.267. The number of hydrogen-bond donors (Lipinski definition) is 1. The summed E-state index contributed by atoms with van der Waals surface area (Å²) in [5, 5.41) is 0. The second kappa shape index (κ2) is 6.69. The van der Waals surface area contributed by atoms with Crippen molar-refractivity contribution in [2.45, 2.75) is 25.7 Å². The van der Waals surface area contributed by atoms with Gasteiger partial charge >= 0.3 is 0 Å². The molecule has 1 aromatic heterocycles. The number of imidazole rings is 1. The number of nitrogens with one attached hydrogen (secondary N) is 1. The van der Waals surface area contributed by atoms with E-state index in [2.05, 4.69) is 52.5 Å². The lowest BCUT2D eigenvalue weighted by atomic mass is 10.1. The van der Waals surface area contributed by atoms with Crippen molar-refractivity contribution < 1.29 is 0 Å². The van der Waals surface area contributed by atoms with Crippen LogP contribution in [0.2, 0.25) is 0 Å². The number of hydrogen-bond acceptors (Lipinski definition) is 1. The quantitative estimate of drug-likeness (QED) is 0.750. The predicted molar refractivity (Wildman–Crippen MR) is 70.8 cm³/mol. The van der Waals surface area contributed by atoms with E-state index in [9.17, 15) is 0 Å². The largest absolute Gasteiger partial charge is 0.348 e. The third kappa shape index (κ3) is 4.27. The molecule has 2 aromatic rings. The molecule has 0 fully saturated rings. The molecule has 2 rings (SSSR count). The number of benzene rings is 1. The smallest absolute Gasteiger partial charge is 0.0921 e. The summed E-state index contributed by atoms with van der Waals surface area (Å²) in [6, 6.07) is 10.6. The zero-order valence-corrected chi connectivity index (χ0v) is 9.97. The van der Waals surface area contributed by atoms with E-state index in [1.54, 1.807) is 6.33 Å². The topological polar surface area (TPSA) is 28.7 Å². The minimum Gasteiger partial charge on any atom is -0.348 e. The molecule has 0 bridgehead atoms. The number of aromatic amines is 1. The molecule has 2 heteroatoms. The van der Waals surface area contributed by atoms with E-state index in [1.807, 2.05) is 6.20 Å². The van der Waals surface area contributed by atoms with Crippen LogP contribution in [0.1, 0.15) is 24.1 Å². The van der Waals surface area contributed by atoms with Crippen LogP contribution in [0.4, 0.5) is 0 Å². The van der Waals surface area contributed by atoms with Crippen molar-refractivity contribution in [3.63, 3.8) is 0 Å². The minimum atomic E-state index is 1.04. The van der Waals surface area contributed by atoms with Crippen LogP contribution in [0.3, 0.4) is 0 Å². The van der Waals surface area contributed by atoms with Crippen LogP contribution in [-0.4, -0.2) is 9.97 Å². The molecule has 1 aromatic carbocycles. The Labute approximate surface area is 102 Å². The Hall–Kier alpha value is -1.83. The summed E-state index contributed by atoms with van der Waals surface area (Å²) in [6.45, 7) is 0. The van der Waals surface area contributed by atoms with E-state index in [-0.39, 0.29) is 0 Å². The summed E-state index contributed by atoms with van der Waals surface area (Å²) in [6.07, 6.45) is 12.5. The lowest BCUT2D eigenvalue weighted by molar-refractivity contribution is 0.938. The van der Waals surface area contributed by atoms with Crippen LogP contribution in [0, 0.1) is 0 Å². The lowest BCUT2D eigenvalue weighted by Crippen LogP contribution is -1.83. The first-order valence-corrected chi connectivity index (χ1v) is 6.11. The fourth-order valence-corrected chi connectivity index (χ4v) is 1.79. The highest BCUT2D eigenvalue weighted by Crippen LogP contribution is 2.04. The third-order valence-electron chi connectivity index (χ3n) is 2.74. The maximum Gasteiger partial charge on any atom is 0.0921 e. The van der Waals surface area contributed by atoms with Gasteiger partial charge in [-0.2, -0.15) is 0 Å². The number of allylic oxidation sites excluding steroid dienone is 2. The number of rotatable bonds is 6. The molecular weight excluding hydrogens is 208 g/mol. The highest BCUT2D eigenvalue weighted by Gasteiger charge is 1.91.